The number of aliphatic imine (C=N–C) groups is 1. The van der Waals surface area contributed by atoms with Gasteiger partial charge in [0.05, 0.1) is 13.2 Å². The average Bonchev–Trinajstić information content (AvgIpc) is 2.55. The number of nitrogens with one attached hydrogen (secondary N) is 2. The molecule has 0 aromatic heterocycles. The summed E-state index contributed by atoms with van der Waals surface area (Å²) < 4.78 is 29.6. The molecular formula is C17H27FIN3O3. The Balaban J connectivity index is 0.00000312. The van der Waals surface area contributed by atoms with Gasteiger partial charge in [-0.15, -0.1) is 24.0 Å². The largest absolute Gasteiger partial charge is 0.467 e. The minimum absolute atomic E-state index is 0. The maximum Gasteiger partial charge on any atom is 0.191 e. The number of guanidine groups is 1. The minimum Gasteiger partial charge on any atom is -0.467 e. The van der Waals surface area contributed by atoms with Gasteiger partial charge in [-0.05, 0) is 38.0 Å². The molecule has 1 atom stereocenters. The molecule has 0 spiro atoms. The zero-order valence-electron chi connectivity index (χ0n) is 14.9. The first-order valence-corrected chi connectivity index (χ1v) is 8.19. The topological polar surface area (TPSA) is 64.1 Å². The second kappa shape index (κ2) is 11.5. The van der Waals surface area contributed by atoms with Crippen LogP contribution in [0.15, 0.2) is 17.1 Å². The van der Waals surface area contributed by atoms with E-state index >= 15 is 0 Å². The molecule has 1 aliphatic heterocycles. The Morgan fingerprint density at radius 3 is 2.96 bits per heavy atom. The molecule has 0 aliphatic carbocycles. The van der Waals surface area contributed by atoms with Gasteiger partial charge >= 0.3 is 0 Å². The molecular weight excluding hydrogens is 440 g/mol. The fourth-order valence-corrected chi connectivity index (χ4v) is 2.58. The summed E-state index contributed by atoms with van der Waals surface area (Å²) in [5, 5.41) is 6.46. The first kappa shape index (κ1) is 21.9. The molecule has 1 aliphatic rings. The highest BCUT2D eigenvalue weighted by atomic mass is 127. The van der Waals surface area contributed by atoms with E-state index in [1.807, 2.05) is 13.8 Å². The lowest BCUT2D eigenvalue weighted by atomic mass is 10.1. The molecule has 8 heteroatoms. The minimum atomic E-state index is -0.277. The average molecular weight is 467 g/mol. The highest BCUT2D eigenvalue weighted by molar-refractivity contribution is 14.0. The van der Waals surface area contributed by atoms with Crippen molar-refractivity contribution >= 4 is 29.9 Å². The summed E-state index contributed by atoms with van der Waals surface area (Å²) in [7, 11) is 1.67. The van der Waals surface area contributed by atoms with Gasteiger partial charge in [0.15, 0.2) is 12.8 Å². The van der Waals surface area contributed by atoms with Gasteiger partial charge < -0.3 is 24.8 Å². The molecule has 2 N–H and O–H groups in total. The van der Waals surface area contributed by atoms with Crippen molar-refractivity contribution in [2.75, 3.05) is 33.6 Å². The lowest BCUT2D eigenvalue weighted by Crippen LogP contribution is -2.44. The van der Waals surface area contributed by atoms with E-state index in [1.165, 1.54) is 12.1 Å². The fraction of sp³-hybridized carbons (Fsp3) is 0.588. The van der Waals surface area contributed by atoms with Crippen LogP contribution >= 0.6 is 24.0 Å². The van der Waals surface area contributed by atoms with Gasteiger partial charge in [-0.25, -0.2) is 4.39 Å². The number of hydrogen-bond donors (Lipinski definition) is 2. The summed E-state index contributed by atoms with van der Waals surface area (Å²) in [6.07, 6.45) is 0.593. The predicted octanol–water partition coefficient (Wildman–Crippen LogP) is 2.44. The molecule has 0 radical (unpaired) electrons. The first-order chi connectivity index (χ1) is 11.6. The third-order valence-corrected chi connectivity index (χ3v) is 3.55. The highest BCUT2D eigenvalue weighted by Crippen LogP contribution is 2.29. The summed E-state index contributed by atoms with van der Waals surface area (Å²) in [4.78, 5) is 4.54. The highest BCUT2D eigenvalue weighted by Gasteiger charge is 2.16. The van der Waals surface area contributed by atoms with Gasteiger partial charge in [-0.3, -0.25) is 4.99 Å². The summed E-state index contributed by atoms with van der Waals surface area (Å²) in [6.45, 7) is 6.49. The Hall–Kier alpha value is -1.13. The lowest BCUT2D eigenvalue weighted by Gasteiger charge is -2.21. The molecule has 1 aromatic carbocycles. The van der Waals surface area contributed by atoms with E-state index < -0.39 is 0 Å². The Morgan fingerprint density at radius 2 is 2.24 bits per heavy atom. The molecule has 1 aromatic rings. The van der Waals surface area contributed by atoms with Crippen molar-refractivity contribution in [3.63, 3.8) is 0 Å². The van der Waals surface area contributed by atoms with Crippen molar-refractivity contribution in [3.05, 3.63) is 29.1 Å². The van der Waals surface area contributed by atoms with Crippen molar-refractivity contribution < 1.29 is 18.6 Å². The number of nitrogens with zero attached hydrogens (tertiary/aromatic N) is 1. The zero-order chi connectivity index (χ0) is 17.4. The van der Waals surface area contributed by atoms with E-state index in [0.29, 0.717) is 26.2 Å². The quantitative estimate of drug-likeness (QED) is 0.367. The van der Waals surface area contributed by atoms with E-state index in [4.69, 9.17) is 14.2 Å². The molecule has 0 fully saturated rings. The number of hydrogen-bond acceptors (Lipinski definition) is 4. The molecule has 0 saturated heterocycles. The summed E-state index contributed by atoms with van der Waals surface area (Å²) in [5.41, 5.74) is 1.57. The van der Waals surface area contributed by atoms with Gasteiger partial charge in [0.25, 0.3) is 0 Å². The fourth-order valence-electron chi connectivity index (χ4n) is 2.58. The molecule has 25 heavy (non-hydrogen) atoms. The second-order valence-electron chi connectivity index (χ2n) is 5.68. The Kier molecular flexibility index (Phi) is 10.1. The van der Waals surface area contributed by atoms with Crippen LogP contribution in [0, 0.1) is 5.82 Å². The van der Waals surface area contributed by atoms with Crippen molar-refractivity contribution in [2.24, 2.45) is 4.99 Å². The van der Waals surface area contributed by atoms with Crippen LogP contribution in [-0.2, 0) is 22.5 Å². The number of benzene rings is 1. The van der Waals surface area contributed by atoms with E-state index in [-0.39, 0.29) is 42.6 Å². The second-order valence-corrected chi connectivity index (χ2v) is 5.68. The predicted molar refractivity (Wildman–Crippen MR) is 106 cm³/mol. The maximum atomic E-state index is 13.7. The van der Waals surface area contributed by atoms with Crippen LogP contribution in [0.1, 0.15) is 25.0 Å². The molecule has 2 rings (SSSR count). The standard InChI is InChI=1S/C17H26FN3O3.HI/c1-4-19-17(21-12(2)9-22-3)20-6-5-13-7-15(18)8-14-10-23-11-24-16(13)14;/h7-8,12H,4-6,9-11H2,1-3H3,(H2,19,20,21);1H. The number of rotatable bonds is 7. The van der Waals surface area contributed by atoms with Crippen LogP contribution in [0.5, 0.6) is 5.75 Å². The maximum absolute atomic E-state index is 13.7. The molecule has 1 unspecified atom stereocenters. The molecule has 6 nitrogen and oxygen atoms in total. The smallest absolute Gasteiger partial charge is 0.191 e. The summed E-state index contributed by atoms with van der Waals surface area (Å²) >= 11 is 0. The van der Waals surface area contributed by atoms with Crippen LogP contribution in [0.2, 0.25) is 0 Å². The van der Waals surface area contributed by atoms with Crippen molar-refractivity contribution in [1.82, 2.24) is 10.6 Å². The van der Waals surface area contributed by atoms with Gasteiger partial charge in [0.1, 0.15) is 11.6 Å². The van der Waals surface area contributed by atoms with Crippen LogP contribution in [-0.4, -0.2) is 45.6 Å². The van der Waals surface area contributed by atoms with Gasteiger partial charge in [-0.2, -0.15) is 0 Å². The number of ether oxygens (including phenoxy) is 3. The third kappa shape index (κ3) is 6.95. The van der Waals surface area contributed by atoms with Gasteiger partial charge in [-0.1, -0.05) is 0 Å². The summed E-state index contributed by atoms with van der Waals surface area (Å²) in [6, 6.07) is 3.11. The van der Waals surface area contributed by atoms with Crippen LogP contribution in [0.25, 0.3) is 0 Å². The third-order valence-electron chi connectivity index (χ3n) is 3.55. The Morgan fingerprint density at radius 1 is 1.44 bits per heavy atom. The molecule has 0 amide bonds. The van der Waals surface area contributed by atoms with E-state index in [0.717, 1.165) is 29.4 Å². The molecule has 0 saturated carbocycles. The van der Waals surface area contributed by atoms with Gasteiger partial charge in [0, 0.05) is 31.8 Å². The normalized spacial score (nSPS) is 14.8. The monoisotopic (exact) mass is 467 g/mol. The van der Waals surface area contributed by atoms with E-state index in [2.05, 4.69) is 15.6 Å². The number of methoxy groups -OCH3 is 1. The van der Waals surface area contributed by atoms with Crippen molar-refractivity contribution in [2.45, 2.75) is 32.9 Å². The molecule has 0 bridgehead atoms. The Labute approximate surface area is 165 Å². The summed E-state index contributed by atoms with van der Waals surface area (Å²) in [5.74, 6) is 1.17. The van der Waals surface area contributed by atoms with Gasteiger partial charge in [0.2, 0.25) is 0 Å². The first-order valence-electron chi connectivity index (χ1n) is 8.19. The van der Waals surface area contributed by atoms with Crippen LogP contribution < -0.4 is 15.4 Å². The molecule has 142 valence electrons. The van der Waals surface area contributed by atoms with E-state index in [9.17, 15) is 4.39 Å². The van der Waals surface area contributed by atoms with E-state index in [1.54, 1.807) is 7.11 Å². The lowest BCUT2D eigenvalue weighted by molar-refractivity contribution is -0.0172. The van der Waals surface area contributed by atoms with Crippen molar-refractivity contribution in [1.29, 1.82) is 0 Å². The van der Waals surface area contributed by atoms with Crippen molar-refractivity contribution in [3.8, 4) is 5.75 Å². The molecule has 1 heterocycles. The Bertz CT molecular complexity index is 572. The zero-order valence-corrected chi connectivity index (χ0v) is 17.3. The number of fused-ring (bicyclic) bond motifs is 1. The SMILES string of the molecule is CCNC(=NCCc1cc(F)cc2c1OCOC2)NC(C)COC.I. The van der Waals surface area contributed by atoms with Crippen LogP contribution in [0.3, 0.4) is 0 Å². The van der Waals surface area contributed by atoms with Crippen LogP contribution in [0.4, 0.5) is 4.39 Å². The number of halogens is 2.